The molecule has 0 radical (unpaired) electrons. The number of benzene rings is 2. The van der Waals surface area contributed by atoms with Gasteiger partial charge in [-0.15, -0.1) is 0 Å². The zero-order valence-electron chi connectivity index (χ0n) is 15.6. The molecule has 0 bridgehead atoms. The Hall–Kier alpha value is -2.15. The highest BCUT2D eigenvalue weighted by molar-refractivity contribution is 7.90. The van der Waals surface area contributed by atoms with Crippen molar-refractivity contribution >= 4 is 20.9 Å². The van der Waals surface area contributed by atoms with E-state index in [1.807, 2.05) is 37.4 Å². The summed E-state index contributed by atoms with van der Waals surface area (Å²) in [5, 5.41) is 1.04. The monoisotopic (exact) mass is 381 g/mol. The molecule has 0 spiro atoms. The molecule has 0 N–H and O–H groups in total. The summed E-state index contributed by atoms with van der Waals surface area (Å²) in [6, 6.07) is 11.7. The van der Waals surface area contributed by atoms with Crippen molar-refractivity contribution in [3.05, 3.63) is 53.7 Å². The molecule has 1 fully saturated rings. The fraction of sp³-hybridized carbons (Fsp3) is 0.333. The predicted octanol–water partition coefficient (Wildman–Crippen LogP) is 2.91. The minimum Gasteiger partial charge on any atom is -0.304 e. The summed E-state index contributed by atoms with van der Waals surface area (Å²) in [5.74, 6) is 0. The highest BCUT2D eigenvalue weighted by Crippen LogP contribution is 2.42. The number of rotatable bonds is 2. The van der Waals surface area contributed by atoms with Crippen molar-refractivity contribution in [2.75, 3.05) is 33.2 Å². The van der Waals surface area contributed by atoms with E-state index in [0.717, 1.165) is 65.9 Å². The van der Waals surface area contributed by atoms with Gasteiger partial charge in [-0.3, -0.25) is 4.90 Å². The maximum Gasteiger partial charge on any atom is 0.268 e. The van der Waals surface area contributed by atoms with Crippen LogP contribution in [-0.2, 0) is 16.6 Å². The quantitative estimate of drug-likeness (QED) is 0.536. The normalized spacial score (nSPS) is 19.3. The molecular weight excluding hydrogens is 358 g/mol. The van der Waals surface area contributed by atoms with Crippen molar-refractivity contribution in [3.8, 4) is 11.1 Å². The summed E-state index contributed by atoms with van der Waals surface area (Å²) in [4.78, 5) is 5.14. The molecule has 0 unspecified atom stereocenters. The van der Waals surface area contributed by atoms with Crippen LogP contribution in [0.4, 0.5) is 0 Å². The van der Waals surface area contributed by atoms with Gasteiger partial charge in [0.25, 0.3) is 10.0 Å². The SMILES string of the molecule is Cc1ccc2c(c1)-c1cccc3c(CN4CCN(C)CC4)cn(c13)S2(=O)=O. The average Bonchev–Trinajstić information content (AvgIpc) is 3.02. The molecule has 27 heavy (non-hydrogen) atoms. The molecular formula is C21H23N3O2S. The van der Waals surface area contributed by atoms with Gasteiger partial charge in [0, 0.05) is 55.4 Å². The number of aromatic nitrogens is 1. The molecule has 3 aromatic rings. The van der Waals surface area contributed by atoms with Crippen LogP contribution in [0.1, 0.15) is 11.1 Å². The Bertz CT molecular complexity index is 1160. The van der Waals surface area contributed by atoms with Crippen LogP contribution in [0.3, 0.4) is 0 Å². The Morgan fingerprint density at radius 3 is 2.56 bits per heavy atom. The van der Waals surface area contributed by atoms with Gasteiger partial charge in [-0.2, -0.15) is 0 Å². The van der Waals surface area contributed by atoms with E-state index >= 15 is 0 Å². The van der Waals surface area contributed by atoms with Crippen LogP contribution in [0.15, 0.2) is 47.5 Å². The number of nitrogens with zero attached hydrogens (tertiary/aromatic N) is 3. The minimum atomic E-state index is -3.56. The van der Waals surface area contributed by atoms with Crippen molar-refractivity contribution in [1.29, 1.82) is 0 Å². The molecule has 2 aliphatic rings. The van der Waals surface area contributed by atoms with Gasteiger partial charge in [-0.25, -0.2) is 12.4 Å². The predicted molar refractivity (Wildman–Crippen MR) is 107 cm³/mol. The van der Waals surface area contributed by atoms with Crippen LogP contribution in [0.25, 0.3) is 22.0 Å². The fourth-order valence-corrected chi connectivity index (χ4v) is 5.88. The van der Waals surface area contributed by atoms with Crippen LogP contribution in [0, 0.1) is 6.92 Å². The van der Waals surface area contributed by atoms with Gasteiger partial charge in [0.05, 0.1) is 10.4 Å². The molecule has 5 nitrogen and oxygen atoms in total. The van der Waals surface area contributed by atoms with Crippen molar-refractivity contribution in [3.63, 3.8) is 0 Å². The first-order valence-corrected chi connectivity index (χ1v) is 10.8. The molecule has 2 aromatic carbocycles. The molecule has 0 saturated carbocycles. The van der Waals surface area contributed by atoms with Crippen molar-refractivity contribution in [2.24, 2.45) is 0 Å². The molecule has 5 rings (SSSR count). The first-order valence-electron chi connectivity index (χ1n) is 9.35. The molecule has 1 aromatic heterocycles. The van der Waals surface area contributed by atoms with Crippen molar-refractivity contribution in [1.82, 2.24) is 13.8 Å². The van der Waals surface area contributed by atoms with Crippen LogP contribution in [0.2, 0.25) is 0 Å². The van der Waals surface area contributed by atoms with Crippen LogP contribution in [0.5, 0.6) is 0 Å². The van der Waals surface area contributed by atoms with Crippen LogP contribution in [-0.4, -0.2) is 55.4 Å². The average molecular weight is 382 g/mol. The van der Waals surface area contributed by atoms with Gasteiger partial charge in [0.2, 0.25) is 0 Å². The Morgan fingerprint density at radius 2 is 1.78 bits per heavy atom. The van der Waals surface area contributed by atoms with Crippen LogP contribution < -0.4 is 0 Å². The van der Waals surface area contributed by atoms with Gasteiger partial charge >= 0.3 is 0 Å². The molecule has 6 heteroatoms. The highest BCUT2D eigenvalue weighted by Gasteiger charge is 2.31. The lowest BCUT2D eigenvalue weighted by atomic mass is 10.00. The standard InChI is InChI=1S/C21H23N3O2S/c1-15-6-7-20-19(12-15)18-5-3-4-17-16(13-23-10-8-22(2)9-11-23)14-24(21(17)18)27(20,25)26/h3-7,12,14H,8-11,13H2,1-2H3. The van der Waals surface area contributed by atoms with Gasteiger partial charge < -0.3 is 4.90 Å². The zero-order valence-corrected chi connectivity index (χ0v) is 16.5. The van der Waals surface area contributed by atoms with E-state index in [1.165, 1.54) is 3.97 Å². The number of aryl methyl sites for hydroxylation is 1. The Kier molecular flexibility index (Phi) is 3.73. The molecule has 2 aliphatic heterocycles. The molecule has 140 valence electrons. The fourth-order valence-electron chi connectivity index (χ4n) is 4.28. The van der Waals surface area contributed by atoms with E-state index in [1.54, 1.807) is 6.07 Å². The molecule has 0 amide bonds. The third-order valence-corrected chi connectivity index (χ3v) is 7.55. The van der Waals surface area contributed by atoms with E-state index < -0.39 is 10.0 Å². The van der Waals surface area contributed by atoms with E-state index in [9.17, 15) is 8.42 Å². The third kappa shape index (κ3) is 2.55. The number of fused-ring (bicyclic) bond motifs is 2. The second-order valence-corrected chi connectivity index (χ2v) is 9.52. The van der Waals surface area contributed by atoms with E-state index in [0.29, 0.717) is 4.90 Å². The summed E-state index contributed by atoms with van der Waals surface area (Å²) in [6.45, 7) is 6.90. The number of para-hydroxylation sites is 1. The van der Waals surface area contributed by atoms with E-state index in [4.69, 9.17) is 0 Å². The van der Waals surface area contributed by atoms with Gasteiger partial charge in [-0.1, -0.05) is 29.8 Å². The second-order valence-electron chi connectivity index (χ2n) is 7.74. The molecule has 0 aliphatic carbocycles. The lowest BCUT2D eigenvalue weighted by Crippen LogP contribution is -2.43. The number of piperazine rings is 1. The first kappa shape index (κ1) is 17.0. The third-order valence-electron chi connectivity index (χ3n) is 5.83. The van der Waals surface area contributed by atoms with E-state index in [2.05, 4.69) is 22.9 Å². The van der Waals surface area contributed by atoms with E-state index in [-0.39, 0.29) is 0 Å². The largest absolute Gasteiger partial charge is 0.304 e. The first-order chi connectivity index (χ1) is 12.9. The lowest BCUT2D eigenvalue weighted by molar-refractivity contribution is 0.148. The zero-order chi connectivity index (χ0) is 18.8. The van der Waals surface area contributed by atoms with Gasteiger partial charge in [0.1, 0.15) is 0 Å². The molecule has 0 atom stereocenters. The summed E-state index contributed by atoms with van der Waals surface area (Å²) >= 11 is 0. The maximum atomic E-state index is 13.3. The summed E-state index contributed by atoms with van der Waals surface area (Å²) in [5.41, 5.74) is 4.80. The van der Waals surface area contributed by atoms with Crippen LogP contribution >= 0.6 is 0 Å². The number of hydrogen-bond donors (Lipinski definition) is 0. The number of likely N-dealkylation sites (N-methyl/N-ethyl adjacent to an activating group) is 1. The number of hydrogen-bond acceptors (Lipinski definition) is 4. The summed E-state index contributed by atoms with van der Waals surface area (Å²) in [7, 11) is -1.42. The van der Waals surface area contributed by atoms with Gasteiger partial charge in [0.15, 0.2) is 0 Å². The minimum absolute atomic E-state index is 0.398. The lowest BCUT2D eigenvalue weighted by Gasteiger charge is -2.32. The Labute approximate surface area is 159 Å². The highest BCUT2D eigenvalue weighted by atomic mass is 32.2. The van der Waals surface area contributed by atoms with Crippen molar-refractivity contribution < 1.29 is 8.42 Å². The topological polar surface area (TPSA) is 45.5 Å². The summed E-state index contributed by atoms with van der Waals surface area (Å²) in [6.07, 6.45) is 1.84. The summed E-state index contributed by atoms with van der Waals surface area (Å²) < 4.78 is 28.1. The second kappa shape index (κ2) is 5.92. The maximum absolute atomic E-state index is 13.3. The van der Waals surface area contributed by atoms with Crippen molar-refractivity contribution in [2.45, 2.75) is 18.4 Å². The Morgan fingerprint density at radius 1 is 1.00 bits per heavy atom. The molecule has 1 saturated heterocycles. The molecule has 3 heterocycles. The van der Waals surface area contributed by atoms with Gasteiger partial charge in [-0.05, 0) is 31.7 Å². The smallest absolute Gasteiger partial charge is 0.268 e. The Balaban J connectivity index is 1.68.